The second kappa shape index (κ2) is 9.83. The number of hydrogen-bond donors (Lipinski definition) is 0. The van der Waals surface area contributed by atoms with E-state index in [0.29, 0.717) is 18.8 Å². The molecule has 0 N–H and O–H groups in total. The van der Waals surface area contributed by atoms with Gasteiger partial charge in [0.15, 0.2) is 0 Å². The number of unbranched alkanes of at least 4 members (excludes halogenated alkanes) is 1. The molecule has 3 heterocycles. The molecule has 0 radical (unpaired) electrons. The molecule has 2 unspecified atom stereocenters. The molecule has 2 fully saturated rings. The van der Waals surface area contributed by atoms with Gasteiger partial charge in [-0.2, -0.15) is 4.98 Å². The van der Waals surface area contributed by atoms with Gasteiger partial charge in [0.1, 0.15) is 11.9 Å². The predicted octanol–water partition coefficient (Wildman–Crippen LogP) is 4.18. The summed E-state index contributed by atoms with van der Waals surface area (Å²) in [4.78, 5) is 23.2. The number of amides is 1. The van der Waals surface area contributed by atoms with Gasteiger partial charge in [0.05, 0.1) is 6.54 Å². The van der Waals surface area contributed by atoms with Crippen LogP contribution in [0.25, 0.3) is 0 Å². The molecule has 3 rings (SSSR count). The second-order valence-corrected chi connectivity index (χ2v) is 9.98. The lowest BCUT2D eigenvalue weighted by molar-refractivity contribution is -0.134. The van der Waals surface area contributed by atoms with Gasteiger partial charge in [-0.25, -0.2) is 4.98 Å². The van der Waals surface area contributed by atoms with Crippen LogP contribution < -0.4 is 4.74 Å². The van der Waals surface area contributed by atoms with E-state index >= 15 is 0 Å². The van der Waals surface area contributed by atoms with Crippen molar-refractivity contribution in [3.05, 3.63) is 17.6 Å². The first-order valence-electron chi connectivity index (χ1n) is 9.65. The van der Waals surface area contributed by atoms with E-state index in [0.717, 1.165) is 49.0 Å². The fourth-order valence-electron chi connectivity index (χ4n) is 3.55. The van der Waals surface area contributed by atoms with Crippen molar-refractivity contribution in [2.24, 2.45) is 0 Å². The van der Waals surface area contributed by atoms with Crippen molar-refractivity contribution < 1.29 is 9.53 Å². The lowest BCUT2D eigenvalue weighted by Gasteiger charge is -2.32. The molecule has 5 nitrogen and oxygen atoms in total. The van der Waals surface area contributed by atoms with Crippen LogP contribution in [0.2, 0.25) is 0 Å². The van der Waals surface area contributed by atoms with Crippen molar-refractivity contribution in [2.45, 2.75) is 70.1 Å². The number of carbonyl (C=O) groups is 1. The fourth-order valence-corrected chi connectivity index (χ4v) is 6.57. The number of likely N-dealkylation sites (tertiary alicyclic amines) is 1. The summed E-state index contributed by atoms with van der Waals surface area (Å²) in [6, 6.07) is 1.87. The fraction of sp³-hybridized carbons (Fsp3) is 0.737. The third-order valence-electron chi connectivity index (χ3n) is 4.85. The van der Waals surface area contributed by atoms with Gasteiger partial charge < -0.3 is 9.64 Å². The number of hydrogen-bond acceptors (Lipinski definition) is 6. The quantitative estimate of drug-likeness (QED) is 0.510. The zero-order valence-corrected chi connectivity index (χ0v) is 17.4. The lowest BCUT2D eigenvalue weighted by Crippen LogP contribution is -2.44. The van der Waals surface area contributed by atoms with E-state index in [1.54, 1.807) is 0 Å². The Morgan fingerprint density at radius 2 is 2.19 bits per heavy atom. The Hall–Kier alpha value is -0.950. The van der Waals surface area contributed by atoms with Crippen LogP contribution >= 0.6 is 21.6 Å². The number of nitrogens with zero attached hydrogens (tertiary/aromatic N) is 3. The summed E-state index contributed by atoms with van der Waals surface area (Å²) < 4.78 is 6.04. The number of carbonyl (C=O) groups excluding carboxylic acids is 1. The van der Waals surface area contributed by atoms with Gasteiger partial charge in [-0.3, -0.25) is 4.79 Å². The van der Waals surface area contributed by atoms with E-state index in [2.05, 4.69) is 9.97 Å². The van der Waals surface area contributed by atoms with Crippen LogP contribution in [0, 0.1) is 13.8 Å². The summed E-state index contributed by atoms with van der Waals surface area (Å²) in [5.41, 5.74) is 0.912. The molecular weight excluding hydrogens is 366 g/mol. The summed E-state index contributed by atoms with van der Waals surface area (Å²) in [7, 11) is 4.02. The minimum absolute atomic E-state index is 0.0355. The minimum atomic E-state index is 0.0355. The molecular formula is C19H29N3O2S2. The van der Waals surface area contributed by atoms with Crippen LogP contribution in [0.1, 0.15) is 56.5 Å². The average molecular weight is 396 g/mol. The normalized spacial score (nSPS) is 23.2. The summed E-state index contributed by atoms with van der Waals surface area (Å²) in [5.74, 6) is 2.92. The Morgan fingerprint density at radius 1 is 1.31 bits per heavy atom. The SMILES string of the molecule is Cc1cc(OC2CCCN(C(=O)CCCCC3CCSS3)C2)nc(C)n1. The summed E-state index contributed by atoms with van der Waals surface area (Å²) in [6.07, 6.45) is 7.43. The first kappa shape index (κ1) is 19.8. The van der Waals surface area contributed by atoms with Crippen LogP contribution in [-0.4, -0.2) is 51.0 Å². The van der Waals surface area contributed by atoms with E-state index in [4.69, 9.17) is 4.74 Å². The molecule has 2 atom stereocenters. The zero-order valence-electron chi connectivity index (χ0n) is 15.8. The van der Waals surface area contributed by atoms with Crippen LogP contribution in [0.15, 0.2) is 6.07 Å². The van der Waals surface area contributed by atoms with Crippen molar-refractivity contribution in [2.75, 3.05) is 18.8 Å². The summed E-state index contributed by atoms with van der Waals surface area (Å²) in [5, 5.41) is 0.808. The largest absolute Gasteiger partial charge is 0.472 e. The van der Waals surface area contributed by atoms with Crippen molar-refractivity contribution in [1.29, 1.82) is 0 Å². The Labute approximate surface area is 164 Å². The number of rotatable bonds is 7. The third kappa shape index (κ3) is 6.05. The maximum atomic E-state index is 12.5. The highest BCUT2D eigenvalue weighted by molar-refractivity contribution is 8.77. The van der Waals surface area contributed by atoms with Crippen molar-refractivity contribution in [3.63, 3.8) is 0 Å². The third-order valence-corrected chi connectivity index (χ3v) is 7.86. The van der Waals surface area contributed by atoms with Crippen LogP contribution in [0.5, 0.6) is 5.88 Å². The second-order valence-electron chi connectivity index (χ2n) is 7.19. The Morgan fingerprint density at radius 3 is 2.96 bits per heavy atom. The first-order valence-corrected chi connectivity index (χ1v) is 12.0. The summed E-state index contributed by atoms with van der Waals surface area (Å²) >= 11 is 0. The van der Waals surface area contributed by atoms with Gasteiger partial charge in [0, 0.05) is 35.7 Å². The molecule has 1 aromatic heterocycles. The molecule has 2 aliphatic heterocycles. The molecule has 1 amide bonds. The summed E-state index contributed by atoms with van der Waals surface area (Å²) in [6.45, 7) is 5.35. The number of ether oxygens (including phenoxy) is 1. The van der Waals surface area contributed by atoms with Gasteiger partial charge in [-0.1, -0.05) is 28.0 Å². The smallest absolute Gasteiger partial charge is 0.222 e. The molecule has 0 saturated carbocycles. The maximum absolute atomic E-state index is 12.5. The highest BCUT2D eigenvalue weighted by atomic mass is 33.1. The van der Waals surface area contributed by atoms with Crippen molar-refractivity contribution >= 4 is 27.5 Å². The van der Waals surface area contributed by atoms with Gasteiger partial charge in [0.25, 0.3) is 0 Å². The van der Waals surface area contributed by atoms with E-state index < -0.39 is 0 Å². The first-order chi connectivity index (χ1) is 12.6. The molecule has 0 aromatic carbocycles. The van der Waals surface area contributed by atoms with E-state index in [-0.39, 0.29) is 12.0 Å². The molecule has 144 valence electrons. The molecule has 2 aliphatic rings. The van der Waals surface area contributed by atoms with Gasteiger partial charge in [0.2, 0.25) is 11.8 Å². The van der Waals surface area contributed by atoms with Crippen LogP contribution in [-0.2, 0) is 4.79 Å². The molecule has 7 heteroatoms. The average Bonchev–Trinajstić information content (AvgIpc) is 3.11. The van der Waals surface area contributed by atoms with E-state index in [1.165, 1.54) is 18.6 Å². The molecule has 1 aromatic rings. The topological polar surface area (TPSA) is 55.3 Å². The highest BCUT2D eigenvalue weighted by Crippen LogP contribution is 2.39. The molecule has 0 bridgehead atoms. The van der Waals surface area contributed by atoms with Crippen LogP contribution in [0.3, 0.4) is 0 Å². The minimum Gasteiger partial charge on any atom is -0.472 e. The highest BCUT2D eigenvalue weighted by Gasteiger charge is 2.25. The van der Waals surface area contributed by atoms with Crippen molar-refractivity contribution in [3.8, 4) is 5.88 Å². The number of aryl methyl sites for hydroxylation is 2. The maximum Gasteiger partial charge on any atom is 0.222 e. The number of aromatic nitrogens is 2. The zero-order chi connectivity index (χ0) is 18.4. The van der Waals surface area contributed by atoms with Gasteiger partial charge in [-0.05, 0) is 46.0 Å². The molecule has 0 aliphatic carbocycles. The standard InChI is InChI=1S/C19H29N3O2S2/c1-14-12-18(21-15(2)20-14)24-16-6-5-10-22(13-16)19(23)8-4-3-7-17-9-11-25-26-17/h12,16-17H,3-11,13H2,1-2H3. The lowest BCUT2D eigenvalue weighted by atomic mass is 10.1. The Kier molecular flexibility index (Phi) is 7.49. The van der Waals surface area contributed by atoms with Crippen LogP contribution in [0.4, 0.5) is 0 Å². The van der Waals surface area contributed by atoms with E-state index in [1.807, 2.05) is 46.4 Å². The molecule has 26 heavy (non-hydrogen) atoms. The Balaban J connectivity index is 1.41. The predicted molar refractivity (Wildman–Crippen MR) is 109 cm³/mol. The molecule has 0 spiro atoms. The van der Waals surface area contributed by atoms with E-state index in [9.17, 15) is 4.79 Å². The molecule has 2 saturated heterocycles. The number of piperidine rings is 1. The Bertz CT molecular complexity index is 588. The van der Waals surface area contributed by atoms with Gasteiger partial charge >= 0.3 is 0 Å². The van der Waals surface area contributed by atoms with Crippen molar-refractivity contribution in [1.82, 2.24) is 14.9 Å². The monoisotopic (exact) mass is 395 g/mol. The van der Waals surface area contributed by atoms with Gasteiger partial charge in [-0.15, -0.1) is 0 Å².